The van der Waals surface area contributed by atoms with Crippen molar-refractivity contribution in [2.45, 2.75) is 6.92 Å². The fourth-order valence-corrected chi connectivity index (χ4v) is 0.815. The normalized spacial score (nSPS) is 10.6. The minimum atomic E-state index is -0.458. The van der Waals surface area contributed by atoms with Gasteiger partial charge in [-0.1, -0.05) is 6.58 Å². The van der Waals surface area contributed by atoms with Crippen molar-refractivity contribution in [2.75, 3.05) is 27.2 Å². The minimum Gasteiger partial charge on any atom is -0.506 e. The Morgan fingerprint density at radius 1 is 1.47 bits per heavy atom. The average Bonchev–Trinajstić information content (AvgIpc) is 2.25. The predicted molar refractivity (Wildman–Crippen MR) is 63.2 cm³/mol. The first kappa shape index (κ1) is 15.0. The number of hydrogen-bond acceptors (Lipinski definition) is 5. The lowest BCUT2D eigenvalue weighted by Crippen LogP contribution is -2.25. The quantitative estimate of drug-likeness (QED) is 0.301. The van der Waals surface area contributed by atoms with Crippen molar-refractivity contribution in [3.8, 4) is 0 Å². The SMILES string of the molecule is C=C(NCC(=O)OCC)C(O)=CC(=O)N(C)C. The maximum Gasteiger partial charge on any atom is 0.325 e. The number of amides is 1. The van der Waals surface area contributed by atoms with Gasteiger partial charge in [-0.15, -0.1) is 0 Å². The van der Waals surface area contributed by atoms with Crippen LogP contribution in [0.1, 0.15) is 6.92 Å². The molecule has 0 unspecified atom stereocenters. The first-order chi connectivity index (χ1) is 7.88. The number of esters is 1. The topological polar surface area (TPSA) is 78.9 Å². The summed E-state index contributed by atoms with van der Waals surface area (Å²) in [7, 11) is 3.11. The second-order valence-electron chi connectivity index (χ2n) is 3.40. The zero-order chi connectivity index (χ0) is 13.4. The molecule has 0 spiro atoms. The van der Waals surface area contributed by atoms with Crippen LogP contribution in [-0.4, -0.2) is 49.1 Å². The summed E-state index contributed by atoms with van der Waals surface area (Å²) in [4.78, 5) is 23.5. The van der Waals surface area contributed by atoms with E-state index in [1.54, 1.807) is 21.0 Å². The van der Waals surface area contributed by atoms with Gasteiger partial charge in [0.05, 0.1) is 12.3 Å². The second-order valence-corrected chi connectivity index (χ2v) is 3.40. The van der Waals surface area contributed by atoms with Crippen LogP contribution in [0.25, 0.3) is 0 Å². The van der Waals surface area contributed by atoms with E-state index in [9.17, 15) is 14.7 Å². The van der Waals surface area contributed by atoms with Crippen molar-refractivity contribution in [2.24, 2.45) is 0 Å². The van der Waals surface area contributed by atoms with E-state index in [1.165, 1.54) is 4.90 Å². The summed E-state index contributed by atoms with van der Waals surface area (Å²) in [5.41, 5.74) is 0.0910. The monoisotopic (exact) mass is 242 g/mol. The van der Waals surface area contributed by atoms with Gasteiger partial charge in [-0.25, -0.2) is 0 Å². The molecule has 2 N–H and O–H groups in total. The molecule has 6 nitrogen and oxygen atoms in total. The van der Waals surface area contributed by atoms with Gasteiger partial charge in [0.15, 0.2) is 0 Å². The van der Waals surface area contributed by atoms with Crippen molar-refractivity contribution in [1.82, 2.24) is 10.2 Å². The van der Waals surface area contributed by atoms with Crippen molar-refractivity contribution in [3.05, 3.63) is 24.1 Å². The summed E-state index contributed by atoms with van der Waals surface area (Å²) in [5, 5.41) is 12.0. The van der Waals surface area contributed by atoms with E-state index in [0.29, 0.717) is 0 Å². The summed E-state index contributed by atoms with van der Waals surface area (Å²) >= 11 is 0. The highest BCUT2D eigenvalue weighted by atomic mass is 16.5. The van der Waals surface area contributed by atoms with E-state index in [4.69, 9.17) is 0 Å². The van der Waals surface area contributed by atoms with Gasteiger partial charge in [-0.2, -0.15) is 0 Å². The van der Waals surface area contributed by atoms with Crippen LogP contribution in [-0.2, 0) is 14.3 Å². The van der Waals surface area contributed by atoms with E-state index in [1.807, 2.05) is 0 Å². The standard InChI is InChI=1S/C11H18N2O4/c1-5-17-11(16)7-12-8(2)9(14)6-10(15)13(3)4/h6,12,14H,2,5,7H2,1,3-4H3. The molecule has 0 radical (unpaired) electrons. The highest BCUT2D eigenvalue weighted by Gasteiger charge is 2.07. The van der Waals surface area contributed by atoms with Crippen molar-refractivity contribution in [1.29, 1.82) is 0 Å². The Morgan fingerprint density at radius 3 is 2.53 bits per heavy atom. The number of carbonyl (C=O) groups excluding carboxylic acids is 2. The molecule has 0 rings (SSSR count). The van der Waals surface area contributed by atoms with Crippen LogP contribution in [0.3, 0.4) is 0 Å². The smallest absolute Gasteiger partial charge is 0.325 e. The molecule has 1 amide bonds. The number of carbonyl (C=O) groups is 2. The molecule has 0 atom stereocenters. The number of rotatable bonds is 6. The average molecular weight is 242 g/mol. The molecule has 0 aromatic rings. The molecule has 0 fully saturated rings. The summed E-state index contributed by atoms with van der Waals surface area (Å²) in [5.74, 6) is -1.14. The molecule has 96 valence electrons. The van der Waals surface area contributed by atoms with Crippen LogP contribution in [0.15, 0.2) is 24.1 Å². The fraction of sp³-hybridized carbons (Fsp3) is 0.455. The third-order valence-electron chi connectivity index (χ3n) is 1.76. The highest BCUT2D eigenvalue weighted by Crippen LogP contribution is 2.00. The lowest BCUT2D eigenvalue weighted by Gasteiger charge is -2.10. The van der Waals surface area contributed by atoms with Crippen molar-refractivity contribution >= 4 is 11.9 Å². The molecule has 0 bridgehead atoms. The molecule has 0 aromatic heterocycles. The van der Waals surface area contributed by atoms with Gasteiger partial charge in [0.1, 0.15) is 12.3 Å². The van der Waals surface area contributed by atoms with Gasteiger partial charge in [0, 0.05) is 20.2 Å². The van der Waals surface area contributed by atoms with Crippen LogP contribution in [0, 0.1) is 0 Å². The molecule has 0 saturated heterocycles. The zero-order valence-corrected chi connectivity index (χ0v) is 10.3. The molecule has 17 heavy (non-hydrogen) atoms. The van der Waals surface area contributed by atoms with Crippen molar-refractivity contribution < 1.29 is 19.4 Å². The molecule has 0 saturated carbocycles. The minimum absolute atomic E-state index is 0.0910. The second kappa shape index (κ2) is 7.32. The number of ether oxygens (including phenoxy) is 1. The van der Waals surface area contributed by atoms with Crippen molar-refractivity contribution in [3.63, 3.8) is 0 Å². The molecule has 6 heteroatoms. The third-order valence-corrected chi connectivity index (χ3v) is 1.76. The molecule has 0 aliphatic rings. The van der Waals surface area contributed by atoms with E-state index >= 15 is 0 Å². The van der Waals surface area contributed by atoms with Crippen LogP contribution in [0.4, 0.5) is 0 Å². The number of hydrogen-bond donors (Lipinski definition) is 2. The number of nitrogens with one attached hydrogen (secondary N) is 1. The highest BCUT2D eigenvalue weighted by molar-refractivity contribution is 5.88. The molecular formula is C11H18N2O4. The van der Waals surface area contributed by atoms with Gasteiger partial charge in [0.2, 0.25) is 5.91 Å². The molecular weight excluding hydrogens is 224 g/mol. The summed E-state index contributed by atoms with van der Waals surface area (Å²) < 4.78 is 4.67. The molecule has 0 aromatic carbocycles. The fourth-order valence-electron chi connectivity index (χ4n) is 0.815. The molecule has 0 heterocycles. The number of likely N-dealkylation sites (N-methyl/N-ethyl adjacent to an activating group) is 1. The third kappa shape index (κ3) is 6.24. The number of aliphatic hydroxyl groups is 1. The van der Waals surface area contributed by atoms with E-state index < -0.39 is 5.97 Å². The lowest BCUT2D eigenvalue weighted by atomic mass is 10.3. The summed E-state index contributed by atoms with van der Waals surface area (Å²) in [6, 6.07) is 0. The zero-order valence-electron chi connectivity index (χ0n) is 10.3. The Labute approximate surface area is 101 Å². The Morgan fingerprint density at radius 2 is 2.06 bits per heavy atom. The predicted octanol–water partition coefficient (Wildman–Crippen LogP) is 0.183. The maximum absolute atomic E-state index is 11.2. The van der Waals surface area contributed by atoms with Gasteiger partial charge >= 0.3 is 5.97 Å². The first-order valence-corrected chi connectivity index (χ1v) is 5.09. The summed E-state index contributed by atoms with van der Waals surface area (Å²) in [6.45, 7) is 5.36. The van der Waals surface area contributed by atoms with Gasteiger partial charge in [0.25, 0.3) is 0 Å². The van der Waals surface area contributed by atoms with Gasteiger partial charge in [-0.05, 0) is 6.92 Å². The van der Waals surface area contributed by atoms with Crippen LogP contribution >= 0.6 is 0 Å². The van der Waals surface area contributed by atoms with Crippen LogP contribution < -0.4 is 5.32 Å². The van der Waals surface area contributed by atoms with E-state index in [-0.39, 0.29) is 30.5 Å². The summed E-state index contributed by atoms with van der Waals surface area (Å²) in [6.07, 6.45) is 1.01. The van der Waals surface area contributed by atoms with Gasteiger partial charge in [-0.3, -0.25) is 9.59 Å². The first-order valence-electron chi connectivity index (χ1n) is 5.09. The van der Waals surface area contributed by atoms with Crippen LogP contribution in [0.5, 0.6) is 0 Å². The Bertz CT molecular complexity index is 334. The Kier molecular flexibility index (Phi) is 6.47. The Hall–Kier alpha value is -1.98. The maximum atomic E-state index is 11.2. The van der Waals surface area contributed by atoms with Crippen LogP contribution in [0.2, 0.25) is 0 Å². The van der Waals surface area contributed by atoms with E-state index in [2.05, 4.69) is 16.6 Å². The Balaban J connectivity index is 4.23. The largest absolute Gasteiger partial charge is 0.506 e. The van der Waals surface area contributed by atoms with Gasteiger partial charge < -0.3 is 20.1 Å². The van der Waals surface area contributed by atoms with E-state index in [0.717, 1.165) is 6.08 Å². The number of aliphatic hydroxyl groups excluding tert-OH is 1. The molecule has 0 aliphatic heterocycles. The molecule has 0 aliphatic carbocycles. The number of nitrogens with zero attached hydrogens (tertiary/aromatic N) is 1. The lowest BCUT2D eigenvalue weighted by molar-refractivity contribution is -0.141.